The second kappa shape index (κ2) is 5.95. The van der Waals surface area contributed by atoms with Gasteiger partial charge in [0.15, 0.2) is 0 Å². The summed E-state index contributed by atoms with van der Waals surface area (Å²) in [5.41, 5.74) is 3.81. The Kier molecular flexibility index (Phi) is 3.85. The number of hydrogen-bond donors (Lipinski definition) is 1. The van der Waals surface area contributed by atoms with E-state index in [4.69, 9.17) is 0 Å². The summed E-state index contributed by atoms with van der Waals surface area (Å²) in [7, 11) is 2.12. The molecule has 3 rings (SSSR count). The van der Waals surface area contributed by atoms with Crippen LogP contribution in [0.3, 0.4) is 0 Å². The van der Waals surface area contributed by atoms with Crippen molar-refractivity contribution < 1.29 is 4.79 Å². The first kappa shape index (κ1) is 13.6. The molecule has 6 nitrogen and oxygen atoms in total. The maximum Gasteiger partial charge on any atom is 0.242 e. The number of rotatable bonds is 4. The molecule has 1 aromatic carbocycles. The van der Waals surface area contributed by atoms with Crippen molar-refractivity contribution in [2.24, 2.45) is 0 Å². The van der Waals surface area contributed by atoms with E-state index in [9.17, 15) is 4.79 Å². The Bertz CT molecular complexity index is 623. The van der Waals surface area contributed by atoms with E-state index in [1.807, 2.05) is 0 Å². The average molecular weight is 285 g/mol. The molecule has 21 heavy (non-hydrogen) atoms. The molecule has 2 aromatic rings. The maximum absolute atomic E-state index is 11.8. The Morgan fingerprint density at radius 1 is 1.43 bits per heavy atom. The minimum Gasteiger partial charge on any atom is -0.374 e. The standard InChI is InChI=1S/C15H19N5O/c1-19-6-2-3-13-7-12(4-5-14(13)19)8-17-15(21)9-20-11-16-10-18-20/h4-5,7,10-11H,2-3,6,8-9H2,1H3,(H,17,21). The molecule has 0 unspecified atom stereocenters. The molecule has 110 valence electrons. The van der Waals surface area contributed by atoms with Gasteiger partial charge in [-0.25, -0.2) is 9.67 Å². The highest BCUT2D eigenvalue weighted by molar-refractivity contribution is 5.75. The Balaban J connectivity index is 1.59. The van der Waals surface area contributed by atoms with Gasteiger partial charge in [0.05, 0.1) is 0 Å². The number of aryl methyl sites for hydroxylation is 1. The fourth-order valence-corrected chi connectivity index (χ4v) is 2.67. The smallest absolute Gasteiger partial charge is 0.242 e. The summed E-state index contributed by atoms with van der Waals surface area (Å²) in [5.74, 6) is -0.0599. The van der Waals surface area contributed by atoms with Gasteiger partial charge in [0.25, 0.3) is 0 Å². The molecule has 0 aliphatic carbocycles. The highest BCUT2D eigenvalue weighted by atomic mass is 16.2. The van der Waals surface area contributed by atoms with Crippen LogP contribution < -0.4 is 10.2 Å². The third-order valence-electron chi connectivity index (χ3n) is 3.76. The summed E-state index contributed by atoms with van der Waals surface area (Å²) in [6, 6.07) is 6.42. The van der Waals surface area contributed by atoms with Crippen LogP contribution in [-0.4, -0.2) is 34.3 Å². The lowest BCUT2D eigenvalue weighted by molar-refractivity contribution is -0.122. The predicted octanol–water partition coefficient (Wildman–Crippen LogP) is 0.977. The molecule has 0 spiro atoms. The van der Waals surface area contributed by atoms with Crippen LogP contribution in [0.1, 0.15) is 17.5 Å². The monoisotopic (exact) mass is 285 g/mol. The Labute approximate surface area is 123 Å². The van der Waals surface area contributed by atoms with Crippen LogP contribution in [0.15, 0.2) is 30.9 Å². The van der Waals surface area contributed by atoms with Crippen LogP contribution in [0.4, 0.5) is 5.69 Å². The van der Waals surface area contributed by atoms with Crippen molar-refractivity contribution in [3.63, 3.8) is 0 Å². The number of benzene rings is 1. The fraction of sp³-hybridized carbons (Fsp3) is 0.400. The molecule has 1 N–H and O–H groups in total. The van der Waals surface area contributed by atoms with E-state index < -0.39 is 0 Å². The van der Waals surface area contributed by atoms with Gasteiger partial charge in [0.2, 0.25) is 5.91 Å². The van der Waals surface area contributed by atoms with Crippen molar-refractivity contribution in [3.05, 3.63) is 42.0 Å². The topological polar surface area (TPSA) is 63.1 Å². The SMILES string of the molecule is CN1CCCc2cc(CNC(=O)Cn3cncn3)ccc21. The lowest BCUT2D eigenvalue weighted by Gasteiger charge is -2.27. The third-order valence-corrected chi connectivity index (χ3v) is 3.76. The summed E-state index contributed by atoms with van der Waals surface area (Å²) in [6.45, 7) is 1.86. The zero-order chi connectivity index (χ0) is 14.7. The highest BCUT2D eigenvalue weighted by Crippen LogP contribution is 2.26. The van der Waals surface area contributed by atoms with E-state index in [0.29, 0.717) is 6.54 Å². The van der Waals surface area contributed by atoms with Crippen LogP contribution in [0.2, 0.25) is 0 Å². The van der Waals surface area contributed by atoms with E-state index in [1.54, 1.807) is 0 Å². The zero-order valence-electron chi connectivity index (χ0n) is 12.1. The molecule has 0 atom stereocenters. The minimum absolute atomic E-state index is 0.0599. The van der Waals surface area contributed by atoms with E-state index in [2.05, 4.69) is 45.5 Å². The van der Waals surface area contributed by atoms with Gasteiger partial charge in [-0.3, -0.25) is 4.79 Å². The lowest BCUT2D eigenvalue weighted by atomic mass is 9.99. The number of nitrogens with zero attached hydrogens (tertiary/aromatic N) is 4. The molecule has 1 amide bonds. The van der Waals surface area contributed by atoms with Gasteiger partial charge in [-0.05, 0) is 30.0 Å². The number of aromatic nitrogens is 3. The molecule has 0 fully saturated rings. The van der Waals surface area contributed by atoms with E-state index in [-0.39, 0.29) is 12.5 Å². The lowest BCUT2D eigenvalue weighted by Crippen LogP contribution is -2.28. The summed E-state index contributed by atoms with van der Waals surface area (Å²) >= 11 is 0. The second-order valence-corrected chi connectivity index (χ2v) is 5.36. The molecule has 2 heterocycles. The first-order chi connectivity index (χ1) is 10.2. The third kappa shape index (κ3) is 3.21. The molecular weight excluding hydrogens is 266 g/mol. The van der Waals surface area contributed by atoms with Crippen molar-refractivity contribution >= 4 is 11.6 Å². The Hall–Kier alpha value is -2.37. The van der Waals surface area contributed by atoms with Gasteiger partial charge in [-0.1, -0.05) is 12.1 Å². The molecule has 0 radical (unpaired) electrons. The van der Waals surface area contributed by atoms with E-state index in [1.165, 1.54) is 35.0 Å². The molecule has 0 bridgehead atoms. The van der Waals surface area contributed by atoms with Crippen LogP contribution in [0, 0.1) is 0 Å². The molecule has 0 saturated heterocycles. The molecule has 1 aliphatic heterocycles. The second-order valence-electron chi connectivity index (χ2n) is 5.36. The number of hydrogen-bond acceptors (Lipinski definition) is 4. The molecule has 1 aliphatic rings. The van der Waals surface area contributed by atoms with Gasteiger partial charge in [-0.15, -0.1) is 0 Å². The number of anilines is 1. The number of carbonyl (C=O) groups excluding carboxylic acids is 1. The predicted molar refractivity (Wildman–Crippen MR) is 79.9 cm³/mol. The number of amides is 1. The quantitative estimate of drug-likeness (QED) is 0.909. The van der Waals surface area contributed by atoms with Crippen molar-refractivity contribution in [2.75, 3.05) is 18.5 Å². The zero-order valence-corrected chi connectivity index (χ0v) is 12.1. The molecule has 0 saturated carbocycles. The van der Waals surface area contributed by atoms with Crippen LogP contribution in [0.5, 0.6) is 0 Å². The maximum atomic E-state index is 11.8. The Morgan fingerprint density at radius 2 is 2.33 bits per heavy atom. The van der Waals surface area contributed by atoms with Gasteiger partial charge < -0.3 is 10.2 Å². The summed E-state index contributed by atoms with van der Waals surface area (Å²) in [4.78, 5) is 17.9. The first-order valence-corrected chi connectivity index (χ1v) is 7.14. The molecule has 6 heteroatoms. The van der Waals surface area contributed by atoms with Gasteiger partial charge in [0, 0.05) is 25.8 Å². The Morgan fingerprint density at radius 3 is 3.14 bits per heavy atom. The normalized spacial score (nSPS) is 13.9. The van der Waals surface area contributed by atoms with Crippen molar-refractivity contribution in [2.45, 2.75) is 25.9 Å². The first-order valence-electron chi connectivity index (χ1n) is 7.14. The van der Waals surface area contributed by atoms with Crippen LogP contribution in [-0.2, 0) is 24.3 Å². The number of nitrogens with one attached hydrogen (secondary N) is 1. The molecule has 1 aromatic heterocycles. The summed E-state index contributed by atoms with van der Waals surface area (Å²) < 4.78 is 1.51. The summed E-state index contributed by atoms with van der Waals surface area (Å²) in [5, 5.41) is 6.83. The van der Waals surface area contributed by atoms with Crippen molar-refractivity contribution in [1.82, 2.24) is 20.1 Å². The van der Waals surface area contributed by atoms with E-state index >= 15 is 0 Å². The van der Waals surface area contributed by atoms with Crippen molar-refractivity contribution in [3.8, 4) is 0 Å². The number of carbonyl (C=O) groups is 1. The van der Waals surface area contributed by atoms with Crippen LogP contribution in [0.25, 0.3) is 0 Å². The van der Waals surface area contributed by atoms with Crippen molar-refractivity contribution in [1.29, 1.82) is 0 Å². The van der Waals surface area contributed by atoms with Crippen LogP contribution >= 0.6 is 0 Å². The van der Waals surface area contributed by atoms with Gasteiger partial charge >= 0.3 is 0 Å². The highest BCUT2D eigenvalue weighted by Gasteiger charge is 2.13. The summed E-state index contributed by atoms with van der Waals surface area (Å²) in [6.07, 6.45) is 5.26. The largest absolute Gasteiger partial charge is 0.374 e. The fourth-order valence-electron chi connectivity index (χ4n) is 2.67. The van der Waals surface area contributed by atoms with E-state index in [0.717, 1.165) is 18.5 Å². The molecular formula is C15H19N5O. The van der Waals surface area contributed by atoms with Gasteiger partial charge in [-0.2, -0.15) is 5.10 Å². The average Bonchev–Trinajstić information content (AvgIpc) is 2.98. The number of fused-ring (bicyclic) bond motifs is 1. The van der Waals surface area contributed by atoms with Gasteiger partial charge in [0.1, 0.15) is 19.2 Å². The minimum atomic E-state index is -0.0599.